The molecule has 0 aromatic heterocycles. The zero-order chi connectivity index (χ0) is 22.7. The van der Waals surface area contributed by atoms with E-state index in [9.17, 15) is 23.6 Å². The van der Waals surface area contributed by atoms with Crippen molar-refractivity contribution < 1.29 is 23.2 Å². The maximum absolute atomic E-state index is 12.8. The van der Waals surface area contributed by atoms with Crippen LogP contribution in [-0.2, 0) is 14.8 Å². The number of nitro groups is 1. The standard InChI is InChI=1S/C21H20N4O6S/c26-21-8-5-15-3-1-2-4-17(15)18(21)14-22-23-19-7-6-16(13-20(19)25(27)28)32(29,30)24-9-11-31-12-10-24/h1-8,13-14,23,26H,9-12H2/b22-14-. The van der Waals surface area contributed by atoms with Gasteiger partial charge in [-0.25, -0.2) is 8.42 Å². The first kappa shape index (κ1) is 21.7. The smallest absolute Gasteiger partial charge is 0.295 e. The van der Waals surface area contributed by atoms with Crippen molar-refractivity contribution in [2.24, 2.45) is 5.10 Å². The van der Waals surface area contributed by atoms with Crippen LogP contribution < -0.4 is 5.43 Å². The third-order valence-electron chi connectivity index (χ3n) is 5.10. The van der Waals surface area contributed by atoms with Gasteiger partial charge < -0.3 is 9.84 Å². The molecule has 0 spiro atoms. The van der Waals surface area contributed by atoms with E-state index >= 15 is 0 Å². The quantitative estimate of drug-likeness (QED) is 0.331. The van der Waals surface area contributed by atoms with Crippen molar-refractivity contribution in [2.75, 3.05) is 31.7 Å². The Morgan fingerprint density at radius 2 is 1.88 bits per heavy atom. The van der Waals surface area contributed by atoms with Crippen molar-refractivity contribution in [3.63, 3.8) is 0 Å². The van der Waals surface area contributed by atoms with E-state index < -0.39 is 20.6 Å². The molecular formula is C21H20N4O6S. The van der Waals surface area contributed by atoms with Crippen LogP contribution in [0.5, 0.6) is 5.75 Å². The molecule has 166 valence electrons. The van der Waals surface area contributed by atoms with Gasteiger partial charge in [-0.1, -0.05) is 30.3 Å². The number of hydrazone groups is 1. The van der Waals surface area contributed by atoms with Crippen molar-refractivity contribution in [3.05, 3.63) is 70.3 Å². The number of ether oxygens (including phenoxy) is 1. The summed E-state index contributed by atoms with van der Waals surface area (Å²) in [7, 11) is -3.88. The molecule has 0 aliphatic carbocycles. The molecule has 11 heteroatoms. The average molecular weight is 456 g/mol. The highest BCUT2D eigenvalue weighted by atomic mass is 32.2. The fraction of sp³-hybridized carbons (Fsp3) is 0.190. The summed E-state index contributed by atoms with van der Waals surface area (Å²) >= 11 is 0. The second-order valence-corrected chi connectivity index (χ2v) is 8.98. The number of anilines is 1. The number of morpholine rings is 1. The number of nitrogens with one attached hydrogen (secondary N) is 1. The minimum Gasteiger partial charge on any atom is -0.507 e. The molecule has 0 amide bonds. The van der Waals surface area contributed by atoms with Gasteiger partial charge >= 0.3 is 0 Å². The maximum Gasteiger partial charge on any atom is 0.295 e. The summed E-state index contributed by atoms with van der Waals surface area (Å²) < 4.78 is 32.0. The molecule has 3 aromatic rings. The van der Waals surface area contributed by atoms with E-state index in [1.54, 1.807) is 6.07 Å². The molecular weight excluding hydrogens is 436 g/mol. The fourth-order valence-corrected chi connectivity index (χ4v) is 4.87. The third kappa shape index (κ3) is 4.26. The fourth-order valence-electron chi connectivity index (χ4n) is 3.44. The lowest BCUT2D eigenvalue weighted by Crippen LogP contribution is -2.40. The van der Waals surface area contributed by atoms with E-state index in [2.05, 4.69) is 10.5 Å². The topological polar surface area (TPSA) is 134 Å². The van der Waals surface area contributed by atoms with Gasteiger partial charge in [0.1, 0.15) is 11.4 Å². The molecule has 10 nitrogen and oxygen atoms in total. The normalized spacial score (nSPS) is 15.2. The van der Waals surface area contributed by atoms with Crippen LogP contribution in [0.4, 0.5) is 11.4 Å². The number of phenols is 1. The van der Waals surface area contributed by atoms with Gasteiger partial charge in [-0.15, -0.1) is 0 Å². The number of aromatic hydroxyl groups is 1. The zero-order valence-corrected chi connectivity index (χ0v) is 17.7. The van der Waals surface area contributed by atoms with Gasteiger partial charge in [0.25, 0.3) is 5.69 Å². The minimum atomic E-state index is -3.88. The van der Waals surface area contributed by atoms with Crippen LogP contribution in [0.15, 0.2) is 64.6 Å². The number of nitro benzene ring substituents is 1. The number of nitrogens with zero attached hydrogens (tertiary/aromatic N) is 3. The van der Waals surface area contributed by atoms with Gasteiger partial charge in [0.05, 0.1) is 29.2 Å². The molecule has 1 saturated heterocycles. The molecule has 2 N–H and O–H groups in total. The second kappa shape index (κ2) is 8.91. The van der Waals surface area contributed by atoms with Gasteiger partial charge in [-0.2, -0.15) is 9.41 Å². The van der Waals surface area contributed by atoms with Gasteiger partial charge in [-0.3, -0.25) is 15.5 Å². The molecule has 0 radical (unpaired) electrons. The summed E-state index contributed by atoms with van der Waals surface area (Å²) in [5.74, 6) is 0.00991. The molecule has 1 fully saturated rings. The largest absolute Gasteiger partial charge is 0.507 e. The van der Waals surface area contributed by atoms with Crippen molar-refractivity contribution in [1.29, 1.82) is 0 Å². The van der Waals surface area contributed by atoms with Gasteiger partial charge in [0.15, 0.2) is 0 Å². The summed E-state index contributed by atoms with van der Waals surface area (Å²) in [6.45, 7) is 0.928. The van der Waals surface area contributed by atoms with Crippen molar-refractivity contribution in [3.8, 4) is 5.75 Å². The molecule has 32 heavy (non-hydrogen) atoms. The number of hydrogen-bond acceptors (Lipinski definition) is 8. The highest BCUT2D eigenvalue weighted by molar-refractivity contribution is 7.89. The first-order chi connectivity index (χ1) is 15.4. The van der Waals surface area contributed by atoms with Crippen LogP contribution in [0.25, 0.3) is 10.8 Å². The molecule has 0 bridgehead atoms. The molecule has 0 unspecified atom stereocenters. The Morgan fingerprint density at radius 3 is 2.62 bits per heavy atom. The highest BCUT2D eigenvalue weighted by Crippen LogP contribution is 2.30. The Labute approximate surface area is 183 Å². The Balaban J connectivity index is 1.62. The molecule has 0 atom stereocenters. The molecule has 0 saturated carbocycles. The molecule has 1 aliphatic heterocycles. The summed E-state index contributed by atoms with van der Waals surface area (Å²) in [6, 6.07) is 14.3. The van der Waals surface area contributed by atoms with E-state index in [0.29, 0.717) is 5.56 Å². The first-order valence-electron chi connectivity index (χ1n) is 9.74. The number of sulfonamides is 1. The van der Waals surface area contributed by atoms with Crippen LogP contribution in [-0.4, -0.2) is 55.3 Å². The Morgan fingerprint density at radius 1 is 1.12 bits per heavy atom. The molecule has 1 heterocycles. The predicted molar refractivity (Wildman–Crippen MR) is 120 cm³/mol. The van der Waals surface area contributed by atoms with Crippen LogP contribution in [0.2, 0.25) is 0 Å². The Bertz CT molecular complexity index is 1300. The lowest BCUT2D eigenvalue weighted by atomic mass is 10.0. The highest BCUT2D eigenvalue weighted by Gasteiger charge is 2.28. The summed E-state index contributed by atoms with van der Waals surface area (Å²) in [4.78, 5) is 10.7. The maximum atomic E-state index is 12.8. The Kier molecular flexibility index (Phi) is 6.04. The predicted octanol–water partition coefficient (Wildman–Crippen LogP) is 2.92. The van der Waals surface area contributed by atoms with E-state index in [0.717, 1.165) is 16.8 Å². The average Bonchev–Trinajstić information content (AvgIpc) is 2.81. The van der Waals surface area contributed by atoms with Gasteiger partial charge in [0.2, 0.25) is 10.0 Å². The Hall–Kier alpha value is -3.54. The van der Waals surface area contributed by atoms with Crippen LogP contribution in [0, 0.1) is 10.1 Å². The van der Waals surface area contributed by atoms with E-state index in [-0.39, 0.29) is 42.6 Å². The van der Waals surface area contributed by atoms with Crippen molar-refractivity contribution >= 4 is 38.4 Å². The number of hydrogen-bond donors (Lipinski definition) is 2. The molecule has 4 rings (SSSR count). The monoisotopic (exact) mass is 456 g/mol. The summed E-state index contributed by atoms with van der Waals surface area (Å²) in [5, 5.41) is 27.5. The lowest BCUT2D eigenvalue weighted by Gasteiger charge is -2.26. The zero-order valence-electron chi connectivity index (χ0n) is 16.8. The van der Waals surface area contributed by atoms with E-state index in [4.69, 9.17) is 4.74 Å². The van der Waals surface area contributed by atoms with Gasteiger partial charge in [0, 0.05) is 24.7 Å². The van der Waals surface area contributed by atoms with Crippen molar-refractivity contribution in [1.82, 2.24) is 4.31 Å². The third-order valence-corrected chi connectivity index (χ3v) is 6.99. The summed E-state index contributed by atoms with van der Waals surface area (Å²) in [5.41, 5.74) is 2.62. The van der Waals surface area contributed by atoms with Crippen molar-refractivity contribution in [2.45, 2.75) is 4.90 Å². The van der Waals surface area contributed by atoms with E-state index in [1.165, 1.54) is 28.7 Å². The molecule has 3 aromatic carbocycles. The number of rotatable bonds is 6. The van der Waals surface area contributed by atoms with Crippen LogP contribution >= 0.6 is 0 Å². The first-order valence-corrected chi connectivity index (χ1v) is 11.2. The molecule has 1 aliphatic rings. The number of benzene rings is 3. The van der Waals surface area contributed by atoms with Crippen LogP contribution in [0.1, 0.15) is 5.56 Å². The number of phenolic OH excluding ortho intramolecular Hbond substituents is 1. The summed E-state index contributed by atoms with van der Waals surface area (Å²) in [6.07, 6.45) is 1.36. The number of fused-ring (bicyclic) bond motifs is 1. The van der Waals surface area contributed by atoms with E-state index in [1.807, 2.05) is 24.3 Å². The second-order valence-electron chi connectivity index (χ2n) is 7.04. The SMILES string of the molecule is O=[N+]([O-])c1cc(S(=O)(=O)N2CCOCC2)ccc1N/N=C\c1c(O)ccc2ccccc12. The van der Waals surface area contributed by atoms with Crippen LogP contribution in [0.3, 0.4) is 0 Å². The lowest BCUT2D eigenvalue weighted by molar-refractivity contribution is -0.384. The van der Waals surface area contributed by atoms with Gasteiger partial charge in [-0.05, 0) is 29.0 Å². The minimum absolute atomic E-state index is 0.00991.